The number of sulfonamides is 1. The number of amides is 1. The quantitative estimate of drug-likeness (QED) is 0.701. The zero-order valence-electron chi connectivity index (χ0n) is 18.0. The zero-order chi connectivity index (χ0) is 22.2. The maximum atomic E-state index is 15.3. The number of nitrogens with zero attached hydrogens (tertiary/aromatic N) is 1. The van der Waals surface area contributed by atoms with Crippen LogP contribution < -0.4 is 4.72 Å². The lowest BCUT2D eigenvalue weighted by atomic mass is 9.90. The van der Waals surface area contributed by atoms with Crippen LogP contribution in [0.3, 0.4) is 0 Å². The van der Waals surface area contributed by atoms with E-state index < -0.39 is 34.0 Å². The molecule has 3 fully saturated rings. The van der Waals surface area contributed by atoms with Crippen molar-refractivity contribution in [2.24, 2.45) is 5.41 Å². The van der Waals surface area contributed by atoms with E-state index in [2.05, 4.69) is 23.5 Å². The van der Waals surface area contributed by atoms with Gasteiger partial charge in [0.2, 0.25) is 10.0 Å². The van der Waals surface area contributed by atoms with E-state index in [-0.39, 0.29) is 17.7 Å². The Balaban J connectivity index is 1.62. The molecule has 1 amide bonds. The molecular formula is C23H29FN2O4S. The summed E-state index contributed by atoms with van der Waals surface area (Å²) in [5.74, 6) is 5.59. The van der Waals surface area contributed by atoms with Crippen LogP contribution in [0, 0.1) is 23.1 Å². The van der Waals surface area contributed by atoms with Crippen LogP contribution in [0.4, 0.5) is 4.39 Å². The van der Waals surface area contributed by atoms with Crippen LogP contribution in [0.1, 0.15) is 50.2 Å². The van der Waals surface area contributed by atoms with Crippen LogP contribution in [0.2, 0.25) is 0 Å². The van der Waals surface area contributed by atoms with Gasteiger partial charge in [-0.05, 0) is 50.7 Å². The smallest absolute Gasteiger partial charge is 0.252 e. The lowest BCUT2D eigenvalue weighted by Crippen LogP contribution is -2.60. The molecule has 168 valence electrons. The molecule has 1 aromatic rings. The van der Waals surface area contributed by atoms with Crippen molar-refractivity contribution in [3.05, 3.63) is 35.1 Å². The van der Waals surface area contributed by atoms with E-state index in [1.54, 1.807) is 23.1 Å². The van der Waals surface area contributed by atoms with Crippen molar-refractivity contribution < 1.29 is 22.3 Å². The predicted octanol–water partition coefficient (Wildman–Crippen LogP) is 2.22. The van der Waals surface area contributed by atoms with E-state index in [9.17, 15) is 13.2 Å². The average molecular weight is 449 g/mol. The Morgan fingerprint density at radius 3 is 2.71 bits per heavy atom. The second-order valence-corrected chi connectivity index (χ2v) is 11.0. The van der Waals surface area contributed by atoms with Gasteiger partial charge in [-0.25, -0.2) is 17.5 Å². The predicted molar refractivity (Wildman–Crippen MR) is 115 cm³/mol. The number of nitrogens with one attached hydrogen (secondary N) is 1. The van der Waals surface area contributed by atoms with E-state index in [4.69, 9.17) is 4.74 Å². The van der Waals surface area contributed by atoms with Gasteiger partial charge in [0, 0.05) is 24.4 Å². The molecule has 1 aromatic carbocycles. The van der Waals surface area contributed by atoms with E-state index in [1.807, 2.05) is 0 Å². The minimum atomic E-state index is -3.48. The number of piperidine rings is 1. The number of carbonyl (C=O) groups is 1. The highest BCUT2D eigenvalue weighted by molar-refractivity contribution is 7.88. The van der Waals surface area contributed by atoms with Crippen LogP contribution in [-0.4, -0.2) is 56.8 Å². The molecule has 3 atom stereocenters. The summed E-state index contributed by atoms with van der Waals surface area (Å²) in [6.45, 7) is 3.12. The number of halogens is 1. The molecule has 4 rings (SSSR count). The van der Waals surface area contributed by atoms with Gasteiger partial charge in [-0.2, -0.15) is 0 Å². The first-order valence-corrected chi connectivity index (χ1v) is 12.7. The van der Waals surface area contributed by atoms with Crippen LogP contribution in [-0.2, 0) is 26.0 Å². The molecule has 8 heteroatoms. The van der Waals surface area contributed by atoms with Crippen LogP contribution in [0.5, 0.6) is 0 Å². The fourth-order valence-corrected chi connectivity index (χ4v) is 5.03. The van der Waals surface area contributed by atoms with Gasteiger partial charge in [0.15, 0.2) is 0 Å². The van der Waals surface area contributed by atoms with E-state index in [0.29, 0.717) is 43.5 Å². The third-order valence-corrected chi connectivity index (χ3v) is 7.14. The van der Waals surface area contributed by atoms with E-state index in [0.717, 1.165) is 19.1 Å². The largest absolute Gasteiger partial charge is 0.368 e. The maximum absolute atomic E-state index is 15.3. The molecule has 3 aliphatic rings. The lowest BCUT2D eigenvalue weighted by Gasteiger charge is -2.44. The number of hydrogen-bond acceptors (Lipinski definition) is 4. The van der Waals surface area contributed by atoms with Gasteiger partial charge in [0.05, 0.1) is 24.5 Å². The van der Waals surface area contributed by atoms with Crippen molar-refractivity contribution in [2.45, 2.75) is 63.6 Å². The number of rotatable bonds is 5. The molecule has 0 bridgehead atoms. The van der Waals surface area contributed by atoms with Gasteiger partial charge in [-0.1, -0.05) is 24.0 Å². The molecule has 1 N–H and O–H groups in total. The molecule has 2 aliphatic heterocycles. The monoisotopic (exact) mass is 448 g/mol. The number of benzene rings is 1. The van der Waals surface area contributed by atoms with Crippen molar-refractivity contribution in [1.29, 1.82) is 0 Å². The highest BCUT2D eigenvalue weighted by Gasteiger charge is 2.40. The summed E-state index contributed by atoms with van der Waals surface area (Å²) in [5, 5.41) is 0. The van der Waals surface area contributed by atoms with Crippen molar-refractivity contribution in [1.82, 2.24) is 9.62 Å². The molecular weight excluding hydrogens is 419 g/mol. The van der Waals surface area contributed by atoms with Gasteiger partial charge in [0.25, 0.3) is 5.91 Å². The second-order valence-electron chi connectivity index (χ2n) is 9.18. The zero-order valence-corrected chi connectivity index (χ0v) is 18.8. The van der Waals surface area contributed by atoms with Crippen LogP contribution in [0.25, 0.3) is 0 Å². The molecule has 1 saturated carbocycles. The topological polar surface area (TPSA) is 75.7 Å². The van der Waals surface area contributed by atoms with E-state index in [1.165, 1.54) is 0 Å². The van der Waals surface area contributed by atoms with E-state index >= 15 is 4.39 Å². The van der Waals surface area contributed by atoms with Crippen molar-refractivity contribution >= 4 is 15.9 Å². The van der Waals surface area contributed by atoms with Crippen LogP contribution >= 0.6 is 0 Å². The van der Waals surface area contributed by atoms with Crippen molar-refractivity contribution in [3.63, 3.8) is 0 Å². The molecule has 1 aliphatic carbocycles. The average Bonchev–Trinajstić information content (AvgIpc) is 3.38. The SMILES string of the molecule is CC1(C#Cc2cccc(C[C@H]3[C@@H](NS(C)(=O)=O)CCCN3C(=O)[C@H]3CCO3)c2F)CC1. The van der Waals surface area contributed by atoms with Gasteiger partial charge in [-0.15, -0.1) is 0 Å². The minimum absolute atomic E-state index is 0.0116. The molecule has 2 heterocycles. The molecule has 2 saturated heterocycles. The maximum Gasteiger partial charge on any atom is 0.252 e. The summed E-state index contributed by atoms with van der Waals surface area (Å²) in [7, 11) is -3.48. The first-order valence-electron chi connectivity index (χ1n) is 10.9. The molecule has 6 nitrogen and oxygen atoms in total. The third kappa shape index (κ3) is 5.28. The molecule has 0 aromatic heterocycles. The Kier molecular flexibility index (Phi) is 6.12. The Bertz CT molecular complexity index is 1020. The second kappa shape index (κ2) is 8.53. The first-order chi connectivity index (χ1) is 14.7. The Morgan fingerprint density at radius 1 is 1.35 bits per heavy atom. The fourth-order valence-electron chi connectivity index (χ4n) is 4.20. The number of hydrogen-bond donors (Lipinski definition) is 1. The normalized spacial score (nSPS) is 27.1. The van der Waals surface area contributed by atoms with Crippen molar-refractivity contribution in [2.75, 3.05) is 19.4 Å². The summed E-state index contributed by atoms with van der Waals surface area (Å²) >= 11 is 0. The Morgan fingerprint density at radius 2 is 2.10 bits per heavy atom. The molecule has 0 radical (unpaired) electrons. The first kappa shape index (κ1) is 22.3. The molecule has 0 spiro atoms. The Labute approximate surface area is 183 Å². The lowest BCUT2D eigenvalue weighted by molar-refractivity contribution is -0.160. The van der Waals surface area contributed by atoms with Crippen molar-refractivity contribution in [3.8, 4) is 11.8 Å². The highest BCUT2D eigenvalue weighted by Crippen LogP contribution is 2.44. The van der Waals surface area contributed by atoms with Gasteiger partial charge >= 0.3 is 0 Å². The summed E-state index contributed by atoms with van der Waals surface area (Å²) in [5.41, 5.74) is 0.768. The summed E-state index contributed by atoms with van der Waals surface area (Å²) in [4.78, 5) is 14.7. The molecule has 31 heavy (non-hydrogen) atoms. The standard InChI is InChI=1S/C23H29FN2O4S/c1-23(11-12-23)10-8-16-5-3-6-17(21(16)24)15-19-18(25-31(2,28)29)7-4-13-26(19)22(27)20-9-14-30-20/h3,5-6,18-20,25H,4,7,9,11-15H2,1-2H3/t18-,19-,20+/m0/s1. The minimum Gasteiger partial charge on any atom is -0.368 e. The number of likely N-dealkylation sites (tertiary alicyclic amines) is 1. The van der Waals surface area contributed by atoms with Gasteiger partial charge < -0.3 is 9.64 Å². The highest BCUT2D eigenvalue weighted by atomic mass is 32.2. The molecule has 0 unspecified atom stereocenters. The summed E-state index contributed by atoms with van der Waals surface area (Å²) in [6.07, 6.45) is 4.82. The Hall–Kier alpha value is -1.95. The summed E-state index contributed by atoms with van der Waals surface area (Å²) < 4.78 is 47.2. The number of carbonyl (C=O) groups excluding carboxylic acids is 1. The number of ether oxygens (including phenoxy) is 1. The fraction of sp³-hybridized carbons (Fsp3) is 0.609. The van der Waals surface area contributed by atoms with Gasteiger partial charge in [-0.3, -0.25) is 4.79 Å². The third-order valence-electron chi connectivity index (χ3n) is 6.41. The summed E-state index contributed by atoms with van der Waals surface area (Å²) in [6, 6.07) is 4.15. The van der Waals surface area contributed by atoms with Gasteiger partial charge in [0.1, 0.15) is 11.9 Å². The van der Waals surface area contributed by atoms with Crippen LogP contribution in [0.15, 0.2) is 18.2 Å².